The van der Waals surface area contributed by atoms with Crippen molar-refractivity contribution in [2.75, 3.05) is 18.0 Å². The molecule has 1 aromatic carbocycles. The quantitative estimate of drug-likeness (QED) is 0.444. The summed E-state index contributed by atoms with van der Waals surface area (Å²) in [6.45, 7) is 1.73. The Kier molecular flexibility index (Phi) is 2.46. The predicted octanol–water partition coefficient (Wildman–Crippen LogP) is 1.91. The maximum atomic E-state index is 11.7. The standard InChI is InChI=1S/C16H15NO3/c18-15-13-6-10-8-17(12-4-2-1-3-5-12)9-11(10)7-14(13)16(19)20-15/h1-5,13-14H,6-9H2. The third kappa shape index (κ3) is 1.68. The molecular weight excluding hydrogens is 254 g/mol. The molecule has 1 aliphatic carbocycles. The summed E-state index contributed by atoms with van der Waals surface area (Å²) in [4.78, 5) is 25.7. The summed E-state index contributed by atoms with van der Waals surface area (Å²) >= 11 is 0. The van der Waals surface area contributed by atoms with E-state index in [9.17, 15) is 9.59 Å². The van der Waals surface area contributed by atoms with Gasteiger partial charge >= 0.3 is 11.9 Å². The number of carbonyl (C=O) groups is 2. The third-order valence-electron chi connectivity index (χ3n) is 4.61. The first-order valence-electron chi connectivity index (χ1n) is 6.97. The minimum Gasteiger partial charge on any atom is -0.393 e. The average molecular weight is 269 g/mol. The molecule has 2 atom stereocenters. The number of fused-ring (bicyclic) bond motifs is 1. The summed E-state index contributed by atoms with van der Waals surface area (Å²) < 4.78 is 4.77. The number of esters is 2. The van der Waals surface area contributed by atoms with Gasteiger partial charge in [-0.15, -0.1) is 0 Å². The number of para-hydroxylation sites is 1. The van der Waals surface area contributed by atoms with Gasteiger partial charge in [-0.3, -0.25) is 9.59 Å². The van der Waals surface area contributed by atoms with Gasteiger partial charge in [-0.25, -0.2) is 0 Å². The Labute approximate surface area is 117 Å². The van der Waals surface area contributed by atoms with Crippen molar-refractivity contribution in [1.29, 1.82) is 0 Å². The van der Waals surface area contributed by atoms with Gasteiger partial charge in [0.1, 0.15) is 0 Å². The minimum atomic E-state index is -0.329. The molecule has 0 saturated carbocycles. The molecule has 2 heterocycles. The fourth-order valence-corrected chi connectivity index (χ4v) is 3.54. The molecule has 20 heavy (non-hydrogen) atoms. The molecule has 0 bridgehead atoms. The average Bonchev–Trinajstić information content (AvgIpc) is 3.00. The number of carbonyl (C=O) groups excluding carboxylic acids is 2. The number of nitrogens with zero attached hydrogens (tertiary/aromatic N) is 1. The summed E-state index contributed by atoms with van der Waals surface area (Å²) in [5, 5.41) is 0. The Bertz CT molecular complexity index is 586. The van der Waals surface area contributed by atoms with Gasteiger partial charge in [-0.1, -0.05) is 18.2 Å². The summed E-state index contributed by atoms with van der Waals surface area (Å²) in [5.74, 6) is -1.14. The van der Waals surface area contributed by atoms with Crippen LogP contribution in [0, 0.1) is 11.8 Å². The molecule has 2 aliphatic heterocycles. The van der Waals surface area contributed by atoms with E-state index in [-0.39, 0.29) is 23.8 Å². The van der Waals surface area contributed by atoms with E-state index < -0.39 is 0 Å². The van der Waals surface area contributed by atoms with Crippen molar-refractivity contribution in [3.63, 3.8) is 0 Å². The molecule has 0 N–H and O–H groups in total. The van der Waals surface area contributed by atoms with E-state index in [1.807, 2.05) is 18.2 Å². The van der Waals surface area contributed by atoms with Crippen LogP contribution in [-0.2, 0) is 14.3 Å². The number of rotatable bonds is 1. The van der Waals surface area contributed by atoms with E-state index in [1.165, 1.54) is 16.8 Å². The van der Waals surface area contributed by atoms with Crippen molar-refractivity contribution in [1.82, 2.24) is 0 Å². The highest BCUT2D eigenvalue weighted by atomic mass is 16.6. The van der Waals surface area contributed by atoms with Gasteiger partial charge in [0.25, 0.3) is 0 Å². The molecule has 0 spiro atoms. The van der Waals surface area contributed by atoms with Crippen molar-refractivity contribution in [3.05, 3.63) is 41.5 Å². The molecule has 4 nitrogen and oxygen atoms in total. The zero-order valence-electron chi connectivity index (χ0n) is 11.0. The van der Waals surface area contributed by atoms with Crippen LogP contribution in [0.2, 0.25) is 0 Å². The summed E-state index contributed by atoms with van der Waals surface area (Å²) in [7, 11) is 0. The van der Waals surface area contributed by atoms with Gasteiger partial charge in [-0.05, 0) is 36.1 Å². The lowest BCUT2D eigenvalue weighted by atomic mass is 9.78. The lowest BCUT2D eigenvalue weighted by Crippen LogP contribution is -2.23. The Hall–Kier alpha value is -2.10. The molecule has 1 saturated heterocycles. The highest BCUT2D eigenvalue weighted by Crippen LogP contribution is 2.43. The monoisotopic (exact) mass is 269 g/mol. The zero-order chi connectivity index (χ0) is 13.7. The van der Waals surface area contributed by atoms with Crippen LogP contribution in [0.25, 0.3) is 0 Å². The minimum absolute atomic E-state index is 0.239. The van der Waals surface area contributed by atoms with Crippen LogP contribution < -0.4 is 4.90 Å². The van der Waals surface area contributed by atoms with Crippen molar-refractivity contribution in [2.45, 2.75) is 12.8 Å². The Morgan fingerprint density at radius 2 is 1.45 bits per heavy atom. The Balaban J connectivity index is 1.57. The van der Waals surface area contributed by atoms with Crippen molar-refractivity contribution in [3.8, 4) is 0 Å². The molecule has 1 fully saturated rings. The molecular formula is C16H15NO3. The first-order chi connectivity index (χ1) is 9.72. The van der Waals surface area contributed by atoms with Crippen LogP contribution >= 0.6 is 0 Å². The van der Waals surface area contributed by atoms with E-state index in [4.69, 9.17) is 4.74 Å². The zero-order valence-corrected chi connectivity index (χ0v) is 11.0. The number of anilines is 1. The molecule has 0 aromatic heterocycles. The summed E-state index contributed by atoms with van der Waals surface area (Å²) in [6, 6.07) is 10.3. The first-order valence-corrected chi connectivity index (χ1v) is 6.97. The number of benzene rings is 1. The second-order valence-corrected chi connectivity index (χ2v) is 5.76. The van der Waals surface area contributed by atoms with Gasteiger partial charge in [0.2, 0.25) is 0 Å². The maximum Gasteiger partial charge on any atom is 0.317 e. The number of hydrogen-bond acceptors (Lipinski definition) is 4. The van der Waals surface area contributed by atoms with Crippen LogP contribution in [0.5, 0.6) is 0 Å². The van der Waals surface area contributed by atoms with E-state index in [2.05, 4.69) is 17.0 Å². The van der Waals surface area contributed by atoms with Crippen molar-refractivity contribution < 1.29 is 14.3 Å². The van der Waals surface area contributed by atoms with Gasteiger partial charge in [0, 0.05) is 18.8 Å². The summed E-state index contributed by atoms with van der Waals surface area (Å²) in [6.07, 6.45) is 1.38. The lowest BCUT2D eigenvalue weighted by molar-refractivity contribution is -0.153. The van der Waals surface area contributed by atoms with Gasteiger partial charge in [-0.2, -0.15) is 0 Å². The van der Waals surface area contributed by atoms with Crippen LogP contribution in [0.3, 0.4) is 0 Å². The second kappa shape index (κ2) is 4.20. The molecule has 3 aliphatic rings. The Morgan fingerprint density at radius 1 is 0.900 bits per heavy atom. The normalized spacial score (nSPS) is 28.5. The predicted molar refractivity (Wildman–Crippen MR) is 73.0 cm³/mol. The van der Waals surface area contributed by atoms with Gasteiger partial charge in [0.05, 0.1) is 11.8 Å². The number of hydrogen-bond donors (Lipinski definition) is 0. The third-order valence-corrected chi connectivity index (χ3v) is 4.61. The largest absolute Gasteiger partial charge is 0.393 e. The van der Waals surface area contributed by atoms with Crippen LogP contribution in [0.1, 0.15) is 12.8 Å². The van der Waals surface area contributed by atoms with E-state index in [0.717, 1.165) is 13.1 Å². The smallest absolute Gasteiger partial charge is 0.317 e. The van der Waals surface area contributed by atoms with Crippen molar-refractivity contribution >= 4 is 17.6 Å². The van der Waals surface area contributed by atoms with E-state index in [1.54, 1.807) is 0 Å². The highest BCUT2D eigenvalue weighted by Gasteiger charge is 2.48. The molecule has 102 valence electrons. The maximum absolute atomic E-state index is 11.7. The Morgan fingerprint density at radius 3 is 2.00 bits per heavy atom. The second-order valence-electron chi connectivity index (χ2n) is 5.76. The fourth-order valence-electron chi connectivity index (χ4n) is 3.54. The number of cyclic esters (lactones) is 2. The lowest BCUT2D eigenvalue weighted by Gasteiger charge is -2.20. The van der Waals surface area contributed by atoms with Crippen LogP contribution in [0.4, 0.5) is 5.69 Å². The molecule has 1 aromatic rings. The van der Waals surface area contributed by atoms with E-state index >= 15 is 0 Å². The SMILES string of the molecule is O=C1OC(=O)C2CC3=C(CC12)CN(c1ccccc1)C3. The van der Waals surface area contributed by atoms with Crippen molar-refractivity contribution in [2.24, 2.45) is 11.8 Å². The molecule has 4 heteroatoms. The highest BCUT2D eigenvalue weighted by molar-refractivity contribution is 5.97. The molecule has 2 unspecified atom stereocenters. The van der Waals surface area contributed by atoms with Gasteiger partial charge in [0.15, 0.2) is 0 Å². The first kappa shape index (κ1) is 11.7. The molecule has 4 rings (SSSR count). The fraction of sp³-hybridized carbons (Fsp3) is 0.375. The van der Waals surface area contributed by atoms with Gasteiger partial charge < -0.3 is 9.64 Å². The van der Waals surface area contributed by atoms with Crippen LogP contribution in [0.15, 0.2) is 41.5 Å². The number of ether oxygens (including phenoxy) is 1. The molecule has 0 radical (unpaired) electrons. The molecule has 0 amide bonds. The summed E-state index contributed by atoms with van der Waals surface area (Å²) in [5.41, 5.74) is 3.84. The van der Waals surface area contributed by atoms with Crippen LogP contribution in [-0.4, -0.2) is 25.0 Å². The topological polar surface area (TPSA) is 46.6 Å². The van der Waals surface area contributed by atoms with E-state index in [0.29, 0.717) is 12.8 Å².